The third-order valence-electron chi connectivity index (χ3n) is 3.76. The number of benzene rings is 1. The Morgan fingerprint density at radius 3 is 2.28 bits per heavy atom. The first-order chi connectivity index (χ1) is 12.0. The van der Waals surface area contributed by atoms with Gasteiger partial charge in [0, 0.05) is 23.2 Å². The fourth-order valence-corrected chi connectivity index (χ4v) is 4.39. The summed E-state index contributed by atoms with van der Waals surface area (Å²) in [4.78, 5) is 6.30. The molecule has 0 atom stereocenters. The minimum Gasteiger partial charge on any atom is -0.255 e. The Bertz CT molecular complexity index is 1170. The van der Waals surface area contributed by atoms with Crippen molar-refractivity contribution in [2.75, 3.05) is 6.26 Å². The van der Waals surface area contributed by atoms with Crippen molar-refractivity contribution in [1.82, 2.24) is 15.2 Å². The number of sulfone groups is 1. The van der Waals surface area contributed by atoms with Crippen molar-refractivity contribution in [2.45, 2.75) is 5.03 Å². The Balaban J connectivity index is 1.90. The zero-order valence-electron chi connectivity index (χ0n) is 13.2. The van der Waals surface area contributed by atoms with Gasteiger partial charge in [-0.25, -0.2) is 8.42 Å². The number of hydrogen-bond donors (Lipinski definition) is 0. The standard InChI is InChI=1S/C18H13N3O2S2/c1-25(22,23)18-13-7-3-2-6-12(13)17(20-21-18)16-10-9-15(24-16)14-8-4-5-11-19-14/h2-11H,1H3. The molecule has 4 rings (SSSR count). The van der Waals surface area contributed by atoms with Gasteiger partial charge in [-0.05, 0) is 24.3 Å². The molecule has 0 N–H and O–H groups in total. The largest absolute Gasteiger partial charge is 0.255 e. The first kappa shape index (κ1) is 15.9. The van der Waals surface area contributed by atoms with Crippen molar-refractivity contribution in [3.05, 3.63) is 60.8 Å². The van der Waals surface area contributed by atoms with Gasteiger partial charge in [-0.3, -0.25) is 4.98 Å². The van der Waals surface area contributed by atoms with Crippen molar-refractivity contribution < 1.29 is 8.42 Å². The molecule has 0 aliphatic heterocycles. The Morgan fingerprint density at radius 2 is 1.56 bits per heavy atom. The van der Waals surface area contributed by atoms with Crippen molar-refractivity contribution >= 4 is 31.9 Å². The van der Waals surface area contributed by atoms with Gasteiger partial charge in [-0.1, -0.05) is 30.3 Å². The second-order valence-corrected chi connectivity index (χ2v) is 8.57. The number of aromatic nitrogens is 3. The lowest BCUT2D eigenvalue weighted by Crippen LogP contribution is -2.04. The quantitative estimate of drug-likeness (QED) is 0.550. The van der Waals surface area contributed by atoms with E-state index in [0.29, 0.717) is 11.1 Å². The van der Waals surface area contributed by atoms with Crippen LogP contribution in [0.15, 0.2) is 65.8 Å². The first-order valence-electron chi connectivity index (χ1n) is 7.51. The van der Waals surface area contributed by atoms with Crippen LogP contribution in [-0.4, -0.2) is 29.9 Å². The summed E-state index contributed by atoms with van der Waals surface area (Å²) in [6.07, 6.45) is 2.90. The third-order valence-corrected chi connectivity index (χ3v) is 5.88. The van der Waals surface area contributed by atoms with E-state index in [1.54, 1.807) is 29.7 Å². The molecule has 5 nitrogen and oxygen atoms in total. The Morgan fingerprint density at radius 1 is 0.840 bits per heavy atom. The Hall–Kier alpha value is -2.64. The molecule has 3 aromatic heterocycles. The van der Waals surface area contributed by atoms with E-state index in [9.17, 15) is 8.42 Å². The Kier molecular flexibility index (Phi) is 3.82. The average molecular weight is 367 g/mol. The molecule has 4 aromatic rings. The summed E-state index contributed by atoms with van der Waals surface area (Å²) < 4.78 is 24.0. The number of pyridine rings is 1. The number of nitrogens with zero attached hydrogens (tertiary/aromatic N) is 3. The number of hydrogen-bond acceptors (Lipinski definition) is 6. The highest BCUT2D eigenvalue weighted by atomic mass is 32.2. The van der Waals surface area contributed by atoms with E-state index in [0.717, 1.165) is 27.1 Å². The summed E-state index contributed by atoms with van der Waals surface area (Å²) in [5.41, 5.74) is 1.57. The molecule has 1 aromatic carbocycles. The number of thiophene rings is 1. The molecule has 0 unspecified atom stereocenters. The maximum absolute atomic E-state index is 12.0. The van der Waals surface area contributed by atoms with Gasteiger partial charge in [0.25, 0.3) is 0 Å². The summed E-state index contributed by atoms with van der Waals surface area (Å²) in [5.74, 6) is 0. The van der Waals surface area contributed by atoms with Gasteiger partial charge >= 0.3 is 0 Å². The van der Waals surface area contributed by atoms with Gasteiger partial charge in [0.05, 0.1) is 15.4 Å². The van der Waals surface area contributed by atoms with Crippen molar-refractivity contribution in [3.63, 3.8) is 0 Å². The molecule has 0 fully saturated rings. The fourth-order valence-electron chi connectivity index (χ4n) is 2.65. The molecule has 0 radical (unpaired) electrons. The van der Waals surface area contributed by atoms with Crippen LogP contribution in [0.1, 0.15) is 0 Å². The maximum atomic E-state index is 12.0. The van der Waals surface area contributed by atoms with E-state index in [-0.39, 0.29) is 5.03 Å². The minimum atomic E-state index is -3.45. The topological polar surface area (TPSA) is 72.8 Å². The molecule has 0 saturated heterocycles. The monoisotopic (exact) mass is 367 g/mol. The average Bonchev–Trinajstić information content (AvgIpc) is 3.10. The first-order valence-corrected chi connectivity index (χ1v) is 10.2. The van der Waals surface area contributed by atoms with Gasteiger partial charge in [0.1, 0.15) is 5.69 Å². The summed E-state index contributed by atoms with van der Waals surface area (Å²) in [6.45, 7) is 0. The van der Waals surface area contributed by atoms with Gasteiger partial charge in [-0.2, -0.15) is 0 Å². The van der Waals surface area contributed by atoms with E-state index in [1.807, 2.05) is 42.5 Å². The van der Waals surface area contributed by atoms with Gasteiger partial charge in [-0.15, -0.1) is 21.5 Å². The van der Waals surface area contributed by atoms with Gasteiger partial charge in [0.15, 0.2) is 14.9 Å². The number of fused-ring (bicyclic) bond motifs is 1. The maximum Gasteiger partial charge on any atom is 0.195 e. The van der Waals surface area contributed by atoms with E-state index in [4.69, 9.17) is 0 Å². The van der Waals surface area contributed by atoms with Crippen LogP contribution in [0.25, 0.3) is 31.9 Å². The highest BCUT2D eigenvalue weighted by Gasteiger charge is 2.18. The summed E-state index contributed by atoms with van der Waals surface area (Å²) in [7, 11) is -3.45. The Labute approximate surface area is 148 Å². The van der Waals surface area contributed by atoms with E-state index >= 15 is 0 Å². The van der Waals surface area contributed by atoms with Crippen molar-refractivity contribution in [1.29, 1.82) is 0 Å². The van der Waals surface area contributed by atoms with E-state index < -0.39 is 9.84 Å². The van der Waals surface area contributed by atoms with Crippen molar-refractivity contribution in [3.8, 4) is 21.1 Å². The third kappa shape index (κ3) is 2.92. The zero-order valence-corrected chi connectivity index (χ0v) is 14.9. The normalized spacial score (nSPS) is 11.7. The van der Waals surface area contributed by atoms with Crippen LogP contribution in [0.3, 0.4) is 0 Å². The summed E-state index contributed by atoms with van der Waals surface area (Å²) in [5, 5.41) is 9.57. The van der Waals surface area contributed by atoms with E-state index in [2.05, 4.69) is 15.2 Å². The molecule has 124 valence electrons. The second-order valence-electron chi connectivity index (χ2n) is 5.55. The fraction of sp³-hybridized carbons (Fsp3) is 0.0556. The lowest BCUT2D eigenvalue weighted by atomic mass is 10.1. The summed E-state index contributed by atoms with van der Waals surface area (Å²) in [6, 6.07) is 17.0. The van der Waals surface area contributed by atoms with Crippen LogP contribution in [0.2, 0.25) is 0 Å². The molecule has 0 aliphatic rings. The van der Waals surface area contributed by atoms with E-state index in [1.165, 1.54) is 0 Å². The molecule has 0 spiro atoms. The molecule has 0 bridgehead atoms. The predicted octanol–water partition coefficient (Wildman–Crippen LogP) is 3.82. The van der Waals surface area contributed by atoms with Crippen molar-refractivity contribution in [2.24, 2.45) is 0 Å². The lowest BCUT2D eigenvalue weighted by molar-refractivity contribution is 0.597. The van der Waals surface area contributed by atoms with Crippen LogP contribution in [-0.2, 0) is 9.84 Å². The zero-order chi connectivity index (χ0) is 17.4. The minimum absolute atomic E-state index is 0.00774. The molecule has 25 heavy (non-hydrogen) atoms. The van der Waals surface area contributed by atoms with Crippen LogP contribution in [0.4, 0.5) is 0 Å². The van der Waals surface area contributed by atoms with Crippen LogP contribution >= 0.6 is 11.3 Å². The lowest BCUT2D eigenvalue weighted by Gasteiger charge is -2.06. The van der Waals surface area contributed by atoms with Crippen LogP contribution in [0.5, 0.6) is 0 Å². The smallest absolute Gasteiger partial charge is 0.195 e. The SMILES string of the molecule is CS(=O)(=O)c1nnc(-c2ccc(-c3ccccn3)s2)c2ccccc12. The molecule has 3 heterocycles. The van der Waals surface area contributed by atoms with Crippen LogP contribution < -0.4 is 0 Å². The molecule has 0 saturated carbocycles. The summed E-state index contributed by atoms with van der Waals surface area (Å²) >= 11 is 1.55. The molecule has 0 aliphatic carbocycles. The molecule has 0 amide bonds. The second kappa shape index (κ2) is 6.02. The van der Waals surface area contributed by atoms with Crippen LogP contribution in [0, 0.1) is 0 Å². The highest BCUT2D eigenvalue weighted by molar-refractivity contribution is 7.90. The predicted molar refractivity (Wildman–Crippen MR) is 99.2 cm³/mol. The molecule has 7 heteroatoms. The van der Waals surface area contributed by atoms with Gasteiger partial charge < -0.3 is 0 Å². The van der Waals surface area contributed by atoms with Gasteiger partial charge in [0.2, 0.25) is 0 Å². The number of rotatable bonds is 3. The highest BCUT2D eigenvalue weighted by Crippen LogP contribution is 2.36. The molecular weight excluding hydrogens is 354 g/mol. The molecular formula is C18H13N3O2S2.